The molecule has 2 atom stereocenters. The predicted octanol–water partition coefficient (Wildman–Crippen LogP) is 3.45. The van der Waals surface area contributed by atoms with Crippen molar-refractivity contribution < 1.29 is 9.53 Å². The van der Waals surface area contributed by atoms with Crippen molar-refractivity contribution in [3.8, 4) is 5.75 Å². The minimum atomic E-state index is 0.129. The van der Waals surface area contributed by atoms with Crippen LogP contribution in [0.1, 0.15) is 45.1 Å². The van der Waals surface area contributed by atoms with Crippen LogP contribution in [0, 0.1) is 5.41 Å². The molecule has 0 heterocycles. The zero-order valence-electron chi connectivity index (χ0n) is 13.1. The molecule has 0 spiro atoms. The third kappa shape index (κ3) is 2.54. The van der Waals surface area contributed by atoms with E-state index >= 15 is 0 Å². The summed E-state index contributed by atoms with van der Waals surface area (Å²) in [5.41, 5.74) is 1.39. The first-order chi connectivity index (χ1) is 9.43. The largest absolute Gasteiger partial charge is 0.497 e. The summed E-state index contributed by atoms with van der Waals surface area (Å²) >= 11 is 0. The van der Waals surface area contributed by atoms with Crippen molar-refractivity contribution in [3.05, 3.63) is 29.8 Å². The van der Waals surface area contributed by atoms with Crippen LogP contribution in [0.3, 0.4) is 0 Å². The molecule has 110 valence electrons. The normalized spacial score (nSPS) is 23.2. The second kappa shape index (κ2) is 5.47. The van der Waals surface area contributed by atoms with Crippen LogP contribution in [0.4, 0.5) is 0 Å². The Hall–Kier alpha value is -1.51. The van der Waals surface area contributed by atoms with Crippen LogP contribution in [-0.2, 0) is 4.79 Å². The number of nitrogens with zero attached hydrogens (tertiary/aromatic N) is 1. The summed E-state index contributed by atoms with van der Waals surface area (Å²) in [4.78, 5) is 14.1. The number of ether oxygens (including phenoxy) is 1. The van der Waals surface area contributed by atoms with Crippen LogP contribution in [0.5, 0.6) is 5.75 Å². The van der Waals surface area contributed by atoms with Gasteiger partial charge in [0.15, 0.2) is 0 Å². The molecule has 1 saturated carbocycles. The molecule has 0 N–H and O–H groups in total. The van der Waals surface area contributed by atoms with Crippen molar-refractivity contribution in [1.82, 2.24) is 4.90 Å². The first-order valence-electron chi connectivity index (χ1n) is 7.33. The highest BCUT2D eigenvalue weighted by Crippen LogP contribution is 2.61. The van der Waals surface area contributed by atoms with E-state index in [2.05, 4.69) is 26.0 Å². The molecule has 1 aliphatic rings. The standard InChI is InChI=1S/C17H25NO2/c1-6-8-14(19)18(4)16-15(17(16,2)3)12-9-7-10-13(11-12)20-5/h7,9-11,15-16H,6,8H2,1-5H3. The number of rotatable bonds is 5. The minimum Gasteiger partial charge on any atom is -0.497 e. The predicted molar refractivity (Wildman–Crippen MR) is 81.0 cm³/mol. The zero-order chi connectivity index (χ0) is 14.9. The number of methoxy groups -OCH3 is 1. The van der Waals surface area contributed by atoms with Gasteiger partial charge in [-0.05, 0) is 29.5 Å². The van der Waals surface area contributed by atoms with E-state index in [1.165, 1.54) is 5.56 Å². The average molecular weight is 275 g/mol. The SMILES string of the molecule is CCCC(=O)N(C)C1C(c2cccc(OC)c2)C1(C)C. The van der Waals surface area contributed by atoms with E-state index in [1.54, 1.807) is 7.11 Å². The van der Waals surface area contributed by atoms with E-state index in [1.807, 2.05) is 31.0 Å². The molecule has 0 aromatic heterocycles. The van der Waals surface area contributed by atoms with Gasteiger partial charge in [-0.15, -0.1) is 0 Å². The molecule has 0 bridgehead atoms. The van der Waals surface area contributed by atoms with Gasteiger partial charge in [0.1, 0.15) is 5.75 Å². The van der Waals surface area contributed by atoms with Gasteiger partial charge < -0.3 is 9.64 Å². The number of hydrogen-bond donors (Lipinski definition) is 0. The van der Waals surface area contributed by atoms with Crippen molar-refractivity contribution in [3.63, 3.8) is 0 Å². The van der Waals surface area contributed by atoms with E-state index in [4.69, 9.17) is 4.74 Å². The maximum atomic E-state index is 12.1. The van der Waals surface area contributed by atoms with E-state index < -0.39 is 0 Å². The van der Waals surface area contributed by atoms with Crippen molar-refractivity contribution >= 4 is 5.91 Å². The molecule has 0 saturated heterocycles. The maximum Gasteiger partial charge on any atom is 0.222 e. The second-order valence-electron chi connectivity index (χ2n) is 6.28. The molecule has 1 aromatic rings. The Morgan fingerprint density at radius 2 is 2.10 bits per heavy atom. The lowest BCUT2D eigenvalue weighted by molar-refractivity contribution is -0.130. The van der Waals surface area contributed by atoms with Gasteiger partial charge in [-0.25, -0.2) is 0 Å². The molecule has 3 nitrogen and oxygen atoms in total. The fourth-order valence-electron chi connectivity index (χ4n) is 3.33. The Morgan fingerprint density at radius 1 is 1.40 bits per heavy atom. The zero-order valence-corrected chi connectivity index (χ0v) is 13.1. The number of likely N-dealkylation sites (N-methyl/N-ethyl adjacent to an activating group) is 1. The first-order valence-corrected chi connectivity index (χ1v) is 7.33. The summed E-state index contributed by atoms with van der Waals surface area (Å²) < 4.78 is 5.30. The highest BCUT2D eigenvalue weighted by Gasteiger charge is 2.61. The van der Waals surface area contributed by atoms with Crippen LogP contribution in [0.2, 0.25) is 0 Å². The topological polar surface area (TPSA) is 29.5 Å². The molecule has 1 aliphatic carbocycles. The Morgan fingerprint density at radius 3 is 2.70 bits per heavy atom. The fraction of sp³-hybridized carbons (Fsp3) is 0.588. The number of amides is 1. The van der Waals surface area contributed by atoms with E-state index in [0.717, 1.165) is 12.2 Å². The highest BCUT2D eigenvalue weighted by molar-refractivity contribution is 5.77. The first kappa shape index (κ1) is 14.9. The lowest BCUT2D eigenvalue weighted by atomic mass is 10.0. The Bertz CT molecular complexity index is 496. The van der Waals surface area contributed by atoms with E-state index in [0.29, 0.717) is 12.3 Å². The smallest absolute Gasteiger partial charge is 0.222 e. The van der Waals surface area contributed by atoms with Gasteiger partial charge in [0, 0.05) is 25.4 Å². The second-order valence-corrected chi connectivity index (χ2v) is 6.28. The maximum absolute atomic E-state index is 12.1. The van der Waals surface area contributed by atoms with Crippen LogP contribution in [0.15, 0.2) is 24.3 Å². The fourth-order valence-corrected chi connectivity index (χ4v) is 3.33. The lowest BCUT2D eigenvalue weighted by Gasteiger charge is -2.18. The van der Waals surface area contributed by atoms with Gasteiger partial charge in [-0.3, -0.25) is 4.79 Å². The molecular weight excluding hydrogens is 250 g/mol. The van der Waals surface area contributed by atoms with Crippen molar-refractivity contribution in [1.29, 1.82) is 0 Å². The van der Waals surface area contributed by atoms with E-state index in [-0.39, 0.29) is 17.4 Å². The number of hydrogen-bond acceptors (Lipinski definition) is 2. The lowest BCUT2D eigenvalue weighted by Crippen LogP contribution is -2.31. The quantitative estimate of drug-likeness (QED) is 0.823. The number of carbonyl (C=O) groups excluding carboxylic acids is 1. The minimum absolute atomic E-state index is 0.129. The monoisotopic (exact) mass is 275 g/mol. The molecule has 2 rings (SSSR count). The molecule has 1 aromatic carbocycles. The van der Waals surface area contributed by atoms with Gasteiger partial charge in [0.2, 0.25) is 5.91 Å². The molecule has 1 amide bonds. The molecular formula is C17H25NO2. The van der Waals surface area contributed by atoms with Crippen molar-refractivity contribution in [2.24, 2.45) is 5.41 Å². The third-order valence-corrected chi connectivity index (χ3v) is 4.50. The summed E-state index contributed by atoms with van der Waals surface area (Å²) in [6.45, 7) is 6.51. The molecule has 0 aliphatic heterocycles. The third-order valence-electron chi connectivity index (χ3n) is 4.50. The Labute approximate surface area is 121 Å². The molecule has 1 fully saturated rings. The van der Waals surface area contributed by atoms with Crippen LogP contribution >= 0.6 is 0 Å². The van der Waals surface area contributed by atoms with Gasteiger partial charge in [0.05, 0.1) is 7.11 Å². The summed E-state index contributed by atoms with van der Waals surface area (Å²) in [5, 5.41) is 0. The highest BCUT2D eigenvalue weighted by atomic mass is 16.5. The van der Waals surface area contributed by atoms with Gasteiger partial charge in [-0.2, -0.15) is 0 Å². The Kier molecular flexibility index (Phi) is 4.07. The summed E-state index contributed by atoms with van der Waals surface area (Å²) in [6.07, 6.45) is 1.54. The molecule has 3 heteroatoms. The summed E-state index contributed by atoms with van der Waals surface area (Å²) in [6, 6.07) is 8.49. The van der Waals surface area contributed by atoms with Crippen LogP contribution in [-0.4, -0.2) is 31.0 Å². The van der Waals surface area contributed by atoms with Crippen LogP contribution < -0.4 is 4.74 Å². The molecule has 20 heavy (non-hydrogen) atoms. The summed E-state index contributed by atoms with van der Waals surface area (Å²) in [7, 11) is 3.62. The number of carbonyl (C=O) groups is 1. The summed E-state index contributed by atoms with van der Waals surface area (Å²) in [5.74, 6) is 1.52. The Balaban J connectivity index is 2.19. The van der Waals surface area contributed by atoms with Gasteiger partial charge in [-0.1, -0.05) is 32.9 Å². The van der Waals surface area contributed by atoms with Crippen LogP contribution in [0.25, 0.3) is 0 Å². The molecule has 2 unspecified atom stereocenters. The average Bonchev–Trinajstić information content (AvgIpc) is 3.01. The van der Waals surface area contributed by atoms with Gasteiger partial charge in [0.25, 0.3) is 0 Å². The van der Waals surface area contributed by atoms with Crippen molar-refractivity contribution in [2.75, 3.05) is 14.2 Å². The van der Waals surface area contributed by atoms with E-state index in [9.17, 15) is 4.79 Å². The van der Waals surface area contributed by atoms with Gasteiger partial charge >= 0.3 is 0 Å². The number of benzene rings is 1. The van der Waals surface area contributed by atoms with Crippen molar-refractivity contribution in [2.45, 2.75) is 45.6 Å². The molecule has 0 radical (unpaired) electrons.